The standard InChI is InChI=1S/C19H28N2O.ClH/c1-14(18(20)16-9-3-2-4-10-16)19(22)21-13-7-11-15-8-5-6-12-17(15)21;/h2-4,9-10,14-15,17-18H,5-8,11-13,20H2,1H3;1H. The summed E-state index contributed by atoms with van der Waals surface area (Å²) < 4.78 is 0. The molecule has 1 aliphatic heterocycles. The molecule has 4 unspecified atom stereocenters. The van der Waals surface area contributed by atoms with Gasteiger partial charge in [0, 0.05) is 18.6 Å². The Morgan fingerprint density at radius 2 is 1.78 bits per heavy atom. The SMILES string of the molecule is CC(C(=O)N1CCCC2CCCCC21)C(N)c1ccccc1.Cl. The van der Waals surface area contributed by atoms with Crippen molar-refractivity contribution in [2.24, 2.45) is 17.6 Å². The molecule has 0 spiro atoms. The van der Waals surface area contributed by atoms with Gasteiger partial charge in [-0.1, -0.05) is 50.1 Å². The molecular weight excluding hydrogens is 308 g/mol. The summed E-state index contributed by atoms with van der Waals surface area (Å²) in [5, 5.41) is 0. The van der Waals surface area contributed by atoms with Crippen LogP contribution in [-0.2, 0) is 4.79 Å². The van der Waals surface area contributed by atoms with E-state index >= 15 is 0 Å². The molecule has 128 valence electrons. The summed E-state index contributed by atoms with van der Waals surface area (Å²) in [7, 11) is 0. The first-order valence-corrected chi connectivity index (χ1v) is 8.79. The van der Waals surface area contributed by atoms with Crippen LogP contribution < -0.4 is 5.73 Å². The number of carbonyl (C=O) groups is 1. The third-order valence-electron chi connectivity index (χ3n) is 5.64. The van der Waals surface area contributed by atoms with E-state index < -0.39 is 0 Å². The van der Waals surface area contributed by atoms with E-state index in [1.807, 2.05) is 37.3 Å². The first-order chi connectivity index (χ1) is 10.7. The van der Waals surface area contributed by atoms with E-state index in [0.717, 1.165) is 24.4 Å². The van der Waals surface area contributed by atoms with E-state index in [4.69, 9.17) is 5.73 Å². The molecule has 4 heteroatoms. The molecule has 1 aliphatic carbocycles. The van der Waals surface area contributed by atoms with Gasteiger partial charge in [0.2, 0.25) is 5.91 Å². The Kier molecular flexibility index (Phi) is 6.49. The van der Waals surface area contributed by atoms with Gasteiger partial charge in [0.05, 0.1) is 5.92 Å². The van der Waals surface area contributed by atoms with Gasteiger partial charge in [-0.05, 0) is 37.2 Å². The summed E-state index contributed by atoms with van der Waals surface area (Å²) in [6.07, 6.45) is 7.54. The maximum Gasteiger partial charge on any atom is 0.227 e. The minimum atomic E-state index is -0.210. The van der Waals surface area contributed by atoms with Gasteiger partial charge in [-0.2, -0.15) is 0 Å². The number of rotatable bonds is 3. The number of halogens is 1. The van der Waals surface area contributed by atoms with Crippen molar-refractivity contribution in [3.63, 3.8) is 0 Å². The zero-order valence-corrected chi connectivity index (χ0v) is 14.8. The number of amides is 1. The van der Waals surface area contributed by atoms with E-state index in [1.54, 1.807) is 0 Å². The lowest BCUT2D eigenvalue weighted by Crippen LogP contribution is -2.52. The number of benzene rings is 1. The third-order valence-corrected chi connectivity index (χ3v) is 5.64. The summed E-state index contributed by atoms with van der Waals surface area (Å²) in [6.45, 7) is 2.91. The highest BCUT2D eigenvalue weighted by Crippen LogP contribution is 2.36. The van der Waals surface area contributed by atoms with Gasteiger partial charge in [0.1, 0.15) is 0 Å². The second-order valence-electron chi connectivity index (χ2n) is 7.01. The summed E-state index contributed by atoms with van der Waals surface area (Å²) in [6, 6.07) is 10.3. The molecule has 2 aliphatic rings. The first kappa shape index (κ1) is 18.3. The van der Waals surface area contributed by atoms with Gasteiger partial charge in [-0.3, -0.25) is 4.79 Å². The molecule has 3 nitrogen and oxygen atoms in total. The number of fused-ring (bicyclic) bond motifs is 1. The molecule has 1 amide bonds. The van der Waals surface area contributed by atoms with Crippen LogP contribution in [0.25, 0.3) is 0 Å². The van der Waals surface area contributed by atoms with Gasteiger partial charge < -0.3 is 10.6 Å². The smallest absolute Gasteiger partial charge is 0.227 e. The van der Waals surface area contributed by atoms with Crippen LogP contribution in [0.1, 0.15) is 57.1 Å². The van der Waals surface area contributed by atoms with Crippen molar-refractivity contribution in [2.45, 2.75) is 57.5 Å². The zero-order valence-electron chi connectivity index (χ0n) is 14.0. The molecule has 4 atom stereocenters. The van der Waals surface area contributed by atoms with Crippen molar-refractivity contribution < 1.29 is 4.79 Å². The Morgan fingerprint density at radius 3 is 2.52 bits per heavy atom. The summed E-state index contributed by atoms with van der Waals surface area (Å²) in [5.74, 6) is 0.836. The van der Waals surface area contributed by atoms with Crippen LogP contribution in [0.5, 0.6) is 0 Å². The largest absolute Gasteiger partial charge is 0.339 e. The quantitative estimate of drug-likeness (QED) is 0.909. The van der Waals surface area contributed by atoms with Crippen molar-refractivity contribution in [3.05, 3.63) is 35.9 Å². The molecule has 1 saturated carbocycles. The summed E-state index contributed by atoms with van der Waals surface area (Å²) >= 11 is 0. The van der Waals surface area contributed by atoms with Gasteiger partial charge in [0.25, 0.3) is 0 Å². The highest BCUT2D eigenvalue weighted by Gasteiger charge is 2.38. The molecule has 0 aromatic heterocycles. The Bertz CT molecular complexity index is 505. The summed E-state index contributed by atoms with van der Waals surface area (Å²) in [4.78, 5) is 15.2. The van der Waals surface area contributed by atoms with Crippen molar-refractivity contribution in [2.75, 3.05) is 6.54 Å². The fraction of sp³-hybridized carbons (Fsp3) is 0.632. The second-order valence-corrected chi connectivity index (χ2v) is 7.01. The highest BCUT2D eigenvalue weighted by atomic mass is 35.5. The topological polar surface area (TPSA) is 46.3 Å². The van der Waals surface area contributed by atoms with Crippen LogP contribution in [0.15, 0.2) is 30.3 Å². The molecule has 2 fully saturated rings. The number of nitrogens with two attached hydrogens (primary N) is 1. The van der Waals surface area contributed by atoms with E-state index in [9.17, 15) is 4.79 Å². The Hall–Kier alpha value is -1.06. The normalized spacial score (nSPS) is 26.6. The van der Waals surface area contributed by atoms with Gasteiger partial charge in [-0.25, -0.2) is 0 Å². The lowest BCUT2D eigenvalue weighted by Gasteiger charge is -2.45. The number of hydrogen-bond acceptors (Lipinski definition) is 2. The molecule has 23 heavy (non-hydrogen) atoms. The average molecular weight is 337 g/mol. The zero-order chi connectivity index (χ0) is 15.5. The molecule has 0 radical (unpaired) electrons. The number of carbonyl (C=O) groups excluding carboxylic acids is 1. The van der Waals surface area contributed by atoms with E-state index in [1.165, 1.54) is 32.1 Å². The molecule has 1 aromatic carbocycles. The maximum absolute atomic E-state index is 13.0. The molecule has 3 rings (SSSR count). The van der Waals surface area contributed by atoms with Crippen molar-refractivity contribution in [1.82, 2.24) is 4.90 Å². The molecule has 0 bridgehead atoms. The van der Waals surface area contributed by atoms with Crippen LogP contribution in [0.3, 0.4) is 0 Å². The van der Waals surface area contributed by atoms with Gasteiger partial charge >= 0.3 is 0 Å². The molecule has 1 saturated heterocycles. The number of hydrogen-bond donors (Lipinski definition) is 1. The summed E-state index contributed by atoms with van der Waals surface area (Å²) in [5.41, 5.74) is 7.42. The number of nitrogens with zero attached hydrogens (tertiary/aromatic N) is 1. The van der Waals surface area contributed by atoms with Gasteiger partial charge in [0.15, 0.2) is 0 Å². The average Bonchev–Trinajstić information content (AvgIpc) is 2.60. The molecular formula is C19H29ClN2O. The van der Waals surface area contributed by atoms with Crippen LogP contribution in [0.4, 0.5) is 0 Å². The van der Waals surface area contributed by atoms with Crippen molar-refractivity contribution >= 4 is 18.3 Å². The van der Waals surface area contributed by atoms with Crippen LogP contribution >= 0.6 is 12.4 Å². The Morgan fingerprint density at radius 1 is 1.13 bits per heavy atom. The monoisotopic (exact) mass is 336 g/mol. The fourth-order valence-electron chi connectivity index (χ4n) is 4.28. The van der Waals surface area contributed by atoms with Crippen molar-refractivity contribution in [3.8, 4) is 0 Å². The molecule has 2 N–H and O–H groups in total. The van der Waals surface area contributed by atoms with E-state index in [0.29, 0.717) is 6.04 Å². The minimum absolute atomic E-state index is 0. The third kappa shape index (κ3) is 3.89. The number of likely N-dealkylation sites (tertiary alicyclic amines) is 1. The highest BCUT2D eigenvalue weighted by molar-refractivity contribution is 5.85. The van der Waals surface area contributed by atoms with Gasteiger partial charge in [-0.15, -0.1) is 12.4 Å². The Balaban J connectivity index is 0.00000192. The fourth-order valence-corrected chi connectivity index (χ4v) is 4.28. The Labute approximate surface area is 146 Å². The molecule has 1 heterocycles. The van der Waals surface area contributed by atoms with E-state index in [-0.39, 0.29) is 30.3 Å². The minimum Gasteiger partial charge on any atom is -0.339 e. The predicted molar refractivity (Wildman–Crippen MR) is 96.5 cm³/mol. The van der Waals surface area contributed by atoms with Crippen LogP contribution in [0, 0.1) is 11.8 Å². The van der Waals surface area contributed by atoms with Crippen LogP contribution in [-0.4, -0.2) is 23.4 Å². The van der Waals surface area contributed by atoms with Crippen molar-refractivity contribution in [1.29, 1.82) is 0 Å². The maximum atomic E-state index is 13.0. The lowest BCUT2D eigenvalue weighted by atomic mass is 9.77. The van der Waals surface area contributed by atoms with E-state index in [2.05, 4.69) is 4.90 Å². The molecule has 1 aromatic rings. The lowest BCUT2D eigenvalue weighted by molar-refractivity contribution is -0.142. The second kappa shape index (κ2) is 8.16. The predicted octanol–water partition coefficient (Wildman–Crippen LogP) is 3.93. The van der Waals surface area contributed by atoms with Crippen LogP contribution in [0.2, 0.25) is 0 Å². The number of piperidine rings is 1. The first-order valence-electron chi connectivity index (χ1n) is 8.79.